The van der Waals surface area contributed by atoms with E-state index in [-0.39, 0.29) is 34.5 Å². The van der Waals surface area contributed by atoms with Crippen molar-refractivity contribution in [1.29, 1.82) is 0 Å². The maximum absolute atomic E-state index is 11.6. The quantitative estimate of drug-likeness (QED) is 0.538. The molecule has 2 aromatic rings. The smallest absolute Gasteiger partial charge is 0.270 e. The normalized spacial score (nSPS) is 11.0. The second kappa shape index (κ2) is 6.56. The molecule has 0 atom stereocenters. The third kappa shape index (κ3) is 3.39. The molecule has 2 rings (SSSR count). The van der Waals surface area contributed by atoms with E-state index in [1.165, 1.54) is 17.4 Å². The van der Waals surface area contributed by atoms with E-state index in [0.29, 0.717) is 0 Å². The van der Waals surface area contributed by atoms with Gasteiger partial charge in [-0.3, -0.25) is 4.18 Å². The minimum absolute atomic E-state index is 0. The van der Waals surface area contributed by atoms with E-state index in [4.69, 9.17) is 0 Å². The van der Waals surface area contributed by atoms with Crippen molar-refractivity contribution in [2.75, 3.05) is 7.11 Å². The molecule has 0 saturated carbocycles. The number of rotatable bonds is 3. The van der Waals surface area contributed by atoms with Crippen LogP contribution in [0.2, 0.25) is 0 Å². The molecule has 0 fully saturated rings. The standard InChI is InChI=1S/C11H10O3S3.Na/c1-14-17(12,13)8-4-5-10(15)9(7-8)11-3-2-6-16-11;/h2-7,15H,1H3;. The number of thiophene rings is 1. The zero-order valence-electron chi connectivity index (χ0n) is 9.95. The molecule has 0 spiro atoms. The first-order valence-electron chi connectivity index (χ1n) is 4.72. The third-order valence-corrected chi connectivity index (χ3v) is 4.83. The van der Waals surface area contributed by atoms with Crippen LogP contribution >= 0.6 is 24.0 Å². The average Bonchev–Trinajstić information content (AvgIpc) is 2.83. The Morgan fingerprint density at radius 3 is 2.56 bits per heavy atom. The van der Waals surface area contributed by atoms with Crippen LogP contribution in [0, 0.1) is 0 Å². The molecule has 18 heavy (non-hydrogen) atoms. The summed E-state index contributed by atoms with van der Waals surface area (Å²) >= 11 is 5.86. The van der Waals surface area contributed by atoms with Gasteiger partial charge in [0.1, 0.15) is 0 Å². The molecule has 91 valence electrons. The van der Waals surface area contributed by atoms with Gasteiger partial charge in [0.25, 0.3) is 10.1 Å². The van der Waals surface area contributed by atoms with Gasteiger partial charge < -0.3 is 0 Å². The van der Waals surface area contributed by atoms with Crippen molar-refractivity contribution in [1.82, 2.24) is 0 Å². The van der Waals surface area contributed by atoms with Gasteiger partial charge in [-0.25, -0.2) is 0 Å². The fourth-order valence-corrected chi connectivity index (χ4v) is 3.18. The van der Waals surface area contributed by atoms with Gasteiger partial charge in [-0.1, -0.05) is 6.07 Å². The average molecular weight is 309 g/mol. The topological polar surface area (TPSA) is 43.4 Å². The van der Waals surface area contributed by atoms with E-state index in [2.05, 4.69) is 16.8 Å². The summed E-state index contributed by atoms with van der Waals surface area (Å²) in [7, 11) is -2.51. The molecule has 0 aliphatic carbocycles. The van der Waals surface area contributed by atoms with E-state index in [9.17, 15) is 8.42 Å². The second-order valence-electron chi connectivity index (χ2n) is 3.28. The number of hydrogen-bond acceptors (Lipinski definition) is 5. The number of thiol groups is 1. The van der Waals surface area contributed by atoms with Crippen molar-refractivity contribution in [2.45, 2.75) is 9.79 Å². The molecule has 0 amide bonds. The summed E-state index contributed by atoms with van der Waals surface area (Å²) in [6, 6.07) is 8.54. The Bertz CT molecular complexity index is 621. The fraction of sp³-hybridized carbons (Fsp3) is 0.0909. The molecule has 7 heteroatoms. The Morgan fingerprint density at radius 2 is 2.00 bits per heavy atom. The molecule has 1 aromatic carbocycles. The van der Waals surface area contributed by atoms with Gasteiger partial charge in [0.15, 0.2) is 0 Å². The molecule has 0 saturated heterocycles. The van der Waals surface area contributed by atoms with Gasteiger partial charge in [0.05, 0.1) is 12.0 Å². The Balaban J connectivity index is 0.00000162. The summed E-state index contributed by atoms with van der Waals surface area (Å²) in [6.45, 7) is 0. The summed E-state index contributed by atoms with van der Waals surface area (Å²) in [5.41, 5.74) is 0.793. The monoisotopic (exact) mass is 309 g/mol. The third-order valence-electron chi connectivity index (χ3n) is 2.26. The summed E-state index contributed by atoms with van der Waals surface area (Å²) in [5.74, 6) is 0. The minimum Gasteiger partial charge on any atom is -0.270 e. The van der Waals surface area contributed by atoms with Gasteiger partial charge in [-0.05, 0) is 29.6 Å². The first-order chi connectivity index (χ1) is 8.04. The molecule has 1 radical (unpaired) electrons. The van der Waals surface area contributed by atoms with Crippen molar-refractivity contribution < 1.29 is 12.6 Å². The number of hydrogen-bond donors (Lipinski definition) is 1. The molecular weight excluding hydrogens is 299 g/mol. The van der Waals surface area contributed by atoms with E-state index < -0.39 is 10.1 Å². The molecule has 1 aromatic heterocycles. The predicted octanol–water partition coefficient (Wildman–Crippen LogP) is 2.66. The Kier molecular flexibility index (Phi) is 5.92. The SMILES string of the molecule is COS(=O)(=O)c1ccc(S)c(-c2cccs2)c1.[Na]. The predicted molar refractivity (Wildman–Crippen MR) is 77.0 cm³/mol. The zero-order chi connectivity index (χ0) is 12.5. The summed E-state index contributed by atoms with van der Waals surface area (Å²) < 4.78 is 27.7. The van der Waals surface area contributed by atoms with Gasteiger partial charge in [-0.2, -0.15) is 8.42 Å². The van der Waals surface area contributed by atoms with Crippen LogP contribution in [0.15, 0.2) is 45.5 Å². The van der Waals surface area contributed by atoms with Crippen molar-refractivity contribution >= 4 is 63.6 Å². The maximum Gasteiger partial charge on any atom is 0.296 e. The van der Waals surface area contributed by atoms with E-state index in [1.54, 1.807) is 12.1 Å². The van der Waals surface area contributed by atoms with Crippen LogP contribution in [-0.2, 0) is 14.3 Å². The summed E-state index contributed by atoms with van der Waals surface area (Å²) in [4.78, 5) is 1.85. The molecule has 0 bridgehead atoms. The van der Waals surface area contributed by atoms with Crippen LogP contribution in [0.1, 0.15) is 0 Å². The van der Waals surface area contributed by atoms with Crippen LogP contribution in [0.4, 0.5) is 0 Å². The zero-order valence-corrected chi connectivity index (χ0v) is 14.5. The van der Waals surface area contributed by atoms with E-state index in [1.807, 2.05) is 17.5 Å². The number of benzene rings is 1. The molecule has 0 N–H and O–H groups in total. The molecule has 0 aliphatic heterocycles. The second-order valence-corrected chi connectivity index (χ2v) is 6.42. The van der Waals surface area contributed by atoms with Gasteiger partial charge in [0, 0.05) is 44.9 Å². The Hall–Kier alpha value is 0.180. The van der Waals surface area contributed by atoms with Crippen molar-refractivity contribution in [3.05, 3.63) is 35.7 Å². The van der Waals surface area contributed by atoms with Crippen LogP contribution in [-0.4, -0.2) is 45.1 Å². The molecular formula is C11H10NaO3S3. The van der Waals surface area contributed by atoms with Crippen LogP contribution in [0.3, 0.4) is 0 Å². The molecule has 0 unspecified atom stereocenters. The molecule has 0 aliphatic rings. The van der Waals surface area contributed by atoms with Crippen molar-refractivity contribution in [3.63, 3.8) is 0 Å². The van der Waals surface area contributed by atoms with Gasteiger partial charge in [-0.15, -0.1) is 24.0 Å². The van der Waals surface area contributed by atoms with Crippen molar-refractivity contribution in [2.24, 2.45) is 0 Å². The fourth-order valence-electron chi connectivity index (χ4n) is 1.40. The van der Waals surface area contributed by atoms with Crippen LogP contribution in [0.5, 0.6) is 0 Å². The first kappa shape index (κ1) is 16.2. The summed E-state index contributed by atoms with van der Waals surface area (Å²) in [6.07, 6.45) is 0. The molecule has 1 heterocycles. The Morgan fingerprint density at radius 1 is 1.28 bits per heavy atom. The van der Waals surface area contributed by atoms with E-state index >= 15 is 0 Å². The maximum atomic E-state index is 11.6. The van der Waals surface area contributed by atoms with Crippen molar-refractivity contribution in [3.8, 4) is 10.4 Å². The first-order valence-corrected chi connectivity index (χ1v) is 7.45. The van der Waals surface area contributed by atoms with Gasteiger partial charge in [0.2, 0.25) is 0 Å². The van der Waals surface area contributed by atoms with Crippen LogP contribution in [0.25, 0.3) is 10.4 Å². The molecule has 3 nitrogen and oxygen atoms in total. The van der Waals surface area contributed by atoms with E-state index in [0.717, 1.165) is 22.4 Å². The van der Waals surface area contributed by atoms with Gasteiger partial charge >= 0.3 is 0 Å². The largest absolute Gasteiger partial charge is 0.296 e. The summed E-state index contributed by atoms with van der Waals surface area (Å²) in [5, 5.41) is 1.93. The minimum atomic E-state index is -3.66. The van der Waals surface area contributed by atoms with Crippen LogP contribution < -0.4 is 0 Å². The Labute approximate surface area is 138 Å².